The Balaban J connectivity index is 0.000000140. The lowest BCUT2D eigenvalue weighted by Gasteiger charge is -2.29. The Morgan fingerprint density at radius 2 is 0.591 bits per heavy atom. The lowest BCUT2D eigenvalue weighted by molar-refractivity contribution is 0.660. The van der Waals surface area contributed by atoms with Gasteiger partial charge in [0.15, 0.2) is 0 Å². The molecule has 2 aliphatic rings. The van der Waals surface area contributed by atoms with Crippen LogP contribution in [0, 0.1) is 0 Å². The van der Waals surface area contributed by atoms with Crippen molar-refractivity contribution in [3.05, 3.63) is 398 Å². The van der Waals surface area contributed by atoms with Crippen molar-refractivity contribution in [2.45, 2.75) is 38.5 Å². The quantitative estimate of drug-likeness (QED) is 0.127. The van der Waals surface area contributed by atoms with E-state index in [9.17, 15) is 0 Å². The van der Waals surface area contributed by atoms with Gasteiger partial charge in [-0.2, -0.15) is 0 Å². The molecule has 0 fully saturated rings. The van der Waals surface area contributed by atoms with Crippen LogP contribution in [0.2, 0.25) is 0 Å². The number of rotatable bonds is 10. The summed E-state index contributed by atoms with van der Waals surface area (Å²) in [4.78, 5) is 4.92. The second kappa shape index (κ2) is 25.7. The summed E-state index contributed by atoms with van der Waals surface area (Å²) < 4.78 is 9.03. The first kappa shape index (κ1) is 65.0. The van der Waals surface area contributed by atoms with Gasteiger partial charge in [0.1, 0.15) is 11.2 Å². The molecule has 0 saturated carbocycles. The number of benzene rings is 18. The summed E-state index contributed by atoms with van der Waals surface area (Å²) in [6.45, 7) is 9.43. The van der Waals surface area contributed by atoms with Crippen LogP contribution in [0.5, 0.6) is 0 Å². The van der Waals surface area contributed by atoms with Gasteiger partial charge in [-0.05, 0) is 195 Å². The van der Waals surface area contributed by atoms with E-state index < -0.39 is 0 Å². The molecule has 0 saturated heterocycles. The highest BCUT2D eigenvalue weighted by atomic mass is 32.1. The summed E-state index contributed by atoms with van der Waals surface area (Å²) in [5.41, 5.74) is 28.8. The second-order valence-corrected chi connectivity index (χ2v) is 31.7. The molecule has 2 heterocycles. The standard InChI is InChI=1S/C53H37NO.C53H37NS/c1-53(2)48-20-9-7-15-43(48)44-31-30-39(33-49(44)53)54(50-32-37-12-3-4-13-40(37)42-14-5-6-16-45(42)50)38-28-26-35(27-29-38)34-22-24-36(25-23-34)41-18-11-19-47-46-17-8-10-21-51(46)55-52(41)47;1-53(2)48-17-9-7-14-43(48)44-30-28-40(33-49(44)53)54(50-31-38-11-3-4-12-41(38)42-13-5-6-15-45(42)50)39-26-23-35(24-27-39)34-19-21-36(22-20-34)37-25-29-47-46-16-8-10-18-51(46)55-52(47)32-37/h2*3-33H,1-2H3. The average Bonchev–Trinajstić information content (AvgIpc) is 0.907. The molecule has 0 N–H and O–H groups in total. The van der Waals surface area contributed by atoms with Crippen molar-refractivity contribution >= 4 is 131 Å². The van der Waals surface area contributed by atoms with Crippen LogP contribution in [0.3, 0.4) is 0 Å². The molecule has 4 heteroatoms. The number of nitrogens with zero attached hydrogens (tertiary/aromatic N) is 2. The molecule has 20 aromatic rings. The Morgan fingerprint density at radius 3 is 1.12 bits per heavy atom. The molecular formula is C106H74N2OS. The molecule has 22 rings (SSSR count). The van der Waals surface area contributed by atoms with Crippen LogP contribution in [0.4, 0.5) is 34.1 Å². The molecule has 3 nitrogen and oxygen atoms in total. The Hall–Kier alpha value is -13.4. The van der Waals surface area contributed by atoms with Crippen LogP contribution in [0.1, 0.15) is 49.9 Å². The van der Waals surface area contributed by atoms with Gasteiger partial charge in [-0.3, -0.25) is 0 Å². The van der Waals surface area contributed by atoms with Crippen molar-refractivity contribution in [1.82, 2.24) is 0 Å². The zero-order valence-corrected chi connectivity index (χ0v) is 62.3. The fraction of sp³-hybridized carbons (Fsp3) is 0.0566. The van der Waals surface area contributed by atoms with E-state index in [1.54, 1.807) is 0 Å². The second-order valence-electron chi connectivity index (χ2n) is 30.6. The molecule has 0 spiro atoms. The van der Waals surface area contributed by atoms with Crippen LogP contribution in [0.15, 0.2) is 381 Å². The monoisotopic (exact) mass is 1420 g/mol. The zero-order valence-electron chi connectivity index (χ0n) is 61.5. The van der Waals surface area contributed by atoms with E-state index >= 15 is 0 Å². The maximum atomic E-state index is 6.36. The van der Waals surface area contributed by atoms with E-state index in [1.807, 2.05) is 23.5 Å². The predicted octanol–water partition coefficient (Wildman–Crippen LogP) is 30.5. The van der Waals surface area contributed by atoms with E-state index in [1.165, 1.54) is 153 Å². The Kier molecular flexibility index (Phi) is 15.2. The summed E-state index contributed by atoms with van der Waals surface area (Å²) in [5.74, 6) is 0. The number of fused-ring (bicyclic) bond motifs is 18. The largest absolute Gasteiger partial charge is 0.455 e. The summed E-state index contributed by atoms with van der Waals surface area (Å²) in [5, 5.41) is 14.9. The normalized spacial score (nSPS) is 13.1. The number of para-hydroxylation sites is 2. The number of furan rings is 1. The number of thiophene rings is 1. The topological polar surface area (TPSA) is 19.6 Å². The van der Waals surface area contributed by atoms with Gasteiger partial charge in [-0.1, -0.05) is 325 Å². The summed E-state index contributed by atoms with van der Waals surface area (Å²) in [7, 11) is 0. The van der Waals surface area contributed by atoms with Gasteiger partial charge >= 0.3 is 0 Å². The van der Waals surface area contributed by atoms with Crippen molar-refractivity contribution in [2.24, 2.45) is 0 Å². The fourth-order valence-electron chi connectivity index (χ4n) is 18.1. The molecule has 0 unspecified atom stereocenters. The maximum Gasteiger partial charge on any atom is 0.143 e. The third kappa shape index (κ3) is 10.6. The van der Waals surface area contributed by atoms with Crippen LogP contribution >= 0.6 is 11.3 Å². The summed E-state index contributed by atoms with van der Waals surface area (Å²) in [6.07, 6.45) is 0. The van der Waals surface area contributed by atoms with Crippen LogP contribution in [-0.4, -0.2) is 0 Å². The van der Waals surface area contributed by atoms with Crippen LogP contribution in [0.25, 0.3) is 152 Å². The number of anilines is 6. The molecule has 2 aromatic heterocycles. The first-order valence-corrected chi connectivity index (χ1v) is 39.0. The third-order valence-corrected chi connectivity index (χ3v) is 24.9. The van der Waals surface area contributed by atoms with Gasteiger partial charge < -0.3 is 14.2 Å². The van der Waals surface area contributed by atoms with E-state index in [2.05, 4.69) is 401 Å². The van der Waals surface area contributed by atoms with Gasteiger partial charge in [0, 0.05) is 80.9 Å². The molecule has 520 valence electrons. The molecule has 0 radical (unpaired) electrons. The molecule has 0 amide bonds. The maximum absolute atomic E-state index is 6.36. The molecule has 2 aliphatic carbocycles. The highest BCUT2D eigenvalue weighted by Gasteiger charge is 2.38. The van der Waals surface area contributed by atoms with Crippen molar-refractivity contribution in [2.75, 3.05) is 9.80 Å². The first-order valence-electron chi connectivity index (χ1n) is 38.2. The third-order valence-electron chi connectivity index (χ3n) is 23.7. The Labute approximate surface area is 644 Å². The Morgan fingerprint density at radius 1 is 0.227 bits per heavy atom. The highest BCUT2D eigenvalue weighted by molar-refractivity contribution is 7.25. The van der Waals surface area contributed by atoms with Crippen molar-refractivity contribution in [3.63, 3.8) is 0 Å². The van der Waals surface area contributed by atoms with E-state index in [4.69, 9.17) is 4.42 Å². The highest BCUT2D eigenvalue weighted by Crippen LogP contribution is 2.54. The van der Waals surface area contributed by atoms with Gasteiger partial charge in [0.25, 0.3) is 0 Å². The van der Waals surface area contributed by atoms with E-state index in [0.29, 0.717) is 0 Å². The molecular weight excluding hydrogens is 1350 g/mol. The lowest BCUT2D eigenvalue weighted by atomic mass is 9.82. The molecule has 0 bridgehead atoms. The molecule has 0 atom stereocenters. The van der Waals surface area contributed by atoms with E-state index in [-0.39, 0.29) is 10.8 Å². The van der Waals surface area contributed by atoms with Gasteiger partial charge in [0.05, 0.1) is 11.4 Å². The summed E-state index contributed by atoms with van der Waals surface area (Å²) in [6, 6.07) is 138. The number of hydrogen-bond donors (Lipinski definition) is 0. The summed E-state index contributed by atoms with van der Waals surface area (Å²) >= 11 is 1.87. The SMILES string of the molecule is CC1(C)c2ccccc2-c2ccc(N(c3ccc(-c4ccc(-c5ccc6c(c5)sc5ccccc56)cc4)cc3)c3cc4ccccc4c4ccccc34)cc21.CC1(C)c2ccccc2-c2ccc(N(c3ccc(-c4ccc(-c5cccc6c5oc5ccccc56)cc4)cc3)c3cc4ccccc4c4ccccc34)cc21. The lowest BCUT2D eigenvalue weighted by Crippen LogP contribution is -2.16. The van der Waals surface area contributed by atoms with Crippen molar-refractivity contribution in [3.8, 4) is 66.8 Å². The van der Waals surface area contributed by atoms with Crippen molar-refractivity contribution < 1.29 is 4.42 Å². The fourth-order valence-corrected chi connectivity index (χ4v) is 19.3. The van der Waals surface area contributed by atoms with Gasteiger partial charge in [-0.25, -0.2) is 0 Å². The van der Waals surface area contributed by atoms with Crippen LogP contribution in [-0.2, 0) is 10.8 Å². The van der Waals surface area contributed by atoms with Crippen LogP contribution < -0.4 is 9.80 Å². The predicted molar refractivity (Wildman–Crippen MR) is 469 cm³/mol. The molecule has 110 heavy (non-hydrogen) atoms. The zero-order chi connectivity index (χ0) is 73.3. The minimum atomic E-state index is -0.106. The molecule has 18 aromatic carbocycles. The minimum Gasteiger partial charge on any atom is -0.455 e. The van der Waals surface area contributed by atoms with E-state index in [0.717, 1.165) is 55.8 Å². The van der Waals surface area contributed by atoms with Gasteiger partial charge in [-0.15, -0.1) is 11.3 Å². The molecule has 0 aliphatic heterocycles. The Bertz CT molecular complexity index is 7080. The minimum absolute atomic E-state index is 0.0985. The van der Waals surface area contributed by atoms with Gasteiger partial charge in [0.2, 0.25) is 0 Å². The number of hydrogen-bond acceptors (Lipinski definition) is 4. The smallest absolute Gasteiger partial charge is 0.143 e. The first-order chi connectivity index (χ1) is 54.0. The average molecular weight is 1420 g/mol. The van der Waals surface area contributed by atoms with Crippen molar-refractivity contribution in [1.29, 1.82) is 0 Å².